The minimum Gasteiger partial charge on any atom is -0.396 e. The Bertz CT molecular complexity index is 346. The molecule has 0 atom stereocenters. The van der Waals surface area contributed by atoms with Crippen LogP contribution in [0.3, 0.4) is 0 Å². The third kappa shape index (κ3) is 2.95. The van der Waals surface area contributed by atoms with Gasteiger partial charge >= 0.3 is 0 Å². The third-order valence-electron chi connectivity index (χ3n) is 3.36. The number of hydrogen-bond acceptors (Lipinski definition) is 2. The Balaban J connectivity index is 1.86. The Kier molecular flexibility index (Phi) is 3.78. The summed E-state index contributed by atoms with van der Waals surface area (Å²) in [6.07, 6.45) is 4.61. The van der Waals surface area contributed by atoms with E-state index in [-0.39, 0.29) is 11.5 Å². The number of hydrogen-bond donors (Lipinski definition) is 2. The van der Waals surface area contributed by atoms with Crippen LogP contribution in [0.25, 0.3) is 0 Å². The number of benzene rings is 1. The van der Waals surface area contributed by atoms with Gasteiger partial charge in [0.1, 0.15) is 5.82 Å². The lowest BCUT2D eigenvalue weighted by atomic mass is 9.91. The maximum Gasteiger partial charge on any atom is 0.146 e. The topological polar surface area (TPSA) is 38.0 Å². The molecule has 0 aliphatic carbocycles. The maximum absolute atomic E-state index is 13.2. The van der Waals surface area contributed by atoms with Gasteiger partial charge < -0.3 is 11.1 Å². The summed E-state index contributed by atoms with van der Waals surface area (Å²) >= 11 is 0. The Morgan fingerprint density at radius 3 is 2.75 bits per heavy atom. The van der Waals surface area contributed by atoms with Gasteiger partial charge in [-0.25, -0.2) is 4.39 Å². The van der Waals surface area contributed by atoms with Gasteiger partial charge in [-0.3, -0.25) is 0 Å². The molecule has 0 bridgehead atoms. The zero-order chi connectivity index (χ0) is 11.4. The van der Waals surface area contributed by atoms with Crippen molar-refractivity contribution >= 4 is 5.69 Å². The zero-order valence-corrected chi connectivity index (χ0v) is 9.51. The standard InChI is InChI=1S/C13H19FN2/c14-12-9-11(3-4-13(12)15)2-1-10-5-7-16-8-6-10/h3-4,9-10,16H,1-2,5-8,15H2. The van der Waals surface area contributed by atoms with Gasteiger partial charge in [0.15, 0.2) is 0 Å². The van der Waals surface area contributed by atoms with Crippen LogP contribution < -0.4 is 11.1 Å². The molecule has 2 rings (SSSR count). The highest BCUT2D eigenvalue weighted by Gasteiger charge is 2.12. The van der Waals surface area contributed by atoms with E-state index in [0.29, 0.717) is 0 Å². The van der Waals surface area contributed by atoms with Gasteiger partial charge in [-0.05, 0) is 62.4 Å². The maximum atomic E-state index is 13.2. The van der Waals surface area contributed by atoms with Crippen molar-refractivity contribution in [3.63, 3.8) is 0 Å². The highest BCUT2D eigenvalue weighted by Crippen LogP contribution is 2.20. The van der Waals surface area contributed by atoms with Gasteiger partial charge in [-0.1, -0.05) is 6.07 Å². The predicted octanol–water partition coefficient (Wildman–Crippen LogP) is 2.34. The van der Waals surface area contributed by atoms with Crippen molar-refractivity contribution in [2.24, 2.45) is 5.92 Å². The van der Waals surface area contributed by atoms with Crippen molar-refractivity contribution in [2.45, 2.75) is 25.7 Å². The van der Waals surface area contributed by atoms with Gasteiger partial charge in [-0.15, -0.1) is 0 Å². The van der Waals surface area contributed by atoms with Gasteiger partial charge in [0, 0.05) is 0 Å². The second-order valence-electron chi connectivity index (χ2n) is 4.59. The molecule has 3 N–H and O–H groups in total. The molecular formula is C13H19FN2. The molecular weight excluding hydrogens is 203 g/mol. The molecule has 1 aliphatic heterocycles. The molecule has 1 saturated heterocycles. The summed E-state index contributed by atoms with van der Waals surface area (Å²) in [4.78, 5) is 0. The van der Waals surface area contributed by atoms with Crippen molar-refractivity contribution in [3.05, 3.63) is 29.6 Å². The molecule has 0 saturated carbocycles. The second-order valence-corrected chi connectivity index (χ2v) is 4.59. The van der Waals surface area contributed by atoms with Crippen LogP contribution in [0.4, 0.5) is 10.1 Å². The first-order valence-electron chi connectivity index (χ1n) is 6.00. The van der Waals surface area contributed by atoms with Gasteiger partial charge in [0.2, 0.25) is 0 Å². The lowest BCUT2D eigenvalue weighted by molar-refractivity contribution is 0.354. The minimum atomic E-state index is -0.289. The van der Waals surface area contributed by atoms with E-state index in [4.69, 9.17) is 5.73 Å². The van der Waals surface area contributed by atoms with Crippen molar-refractivity contribution < 1.29 is 4.39 Å². The molecule has 2 nitrogen and oxygen atoms in total. The SMILES string of the molecule is Nc1ccc(CCC2CCNCC2)cc1F. The Morgan fingerprint density at radius 2 is 2.06 bits per heavy atom. The van der Waals surface area contributed by atoms with E-state index in [2.05, 4.69) is 5.32 Å². The number of nitrogens with one attached hydrogen (secondary N) is 1. The summed E-state index contributed by atoms with van der Waals surface area (Å²) in [7, 11) is 0. The molecule has 1 fully saturated rings. The molecule has 0 radical (unpaired) electrons. The number of nitrogen functional groups attached to an aromatic ring is 1. The number of anilines is 1. The summed E-state index contributed by atoms with van der Waals surface area (Å²) in [6.45, 7) is 2.25. The Labute approximate surface area is 96.0 Å². The molecule has 1 aromatic carbocycles. The summed E-state index contributed by atoms with van der Waals surface area (Å²) < 4.78 is 13.2. The Morgan fingerprint density at radius 1 is 1.31 bits per heavy atom. The van der Waals surface area contributed by atoms with E-state index in [9.17, 15) is 4.39 Å². The van der Waals surface area contributed by atoms with Gasteiger partial charge in [0.05, 0.1) is 5.69 Å². The first-order chi connectivity index (χ1) is 7.75. The van der Waals surface area contributed by atoms with E-state index >= 15 is 0 Å². The molecule has 88 valence electrons. The number of nitrogens with two attached hydrogens (primary N) is 1. The number of rotatable bonds is 3. The largest absolute Gasteiger partial charge is 0.396 e. The summed E-state index contributed by atoms with van der Waals surface area (Å²) in [5.74, 6) is 0.504. The van der Waals surface area contributed by atoms with E-state index in [1.165, 1.54) is 12.8 Å². The average Bonchev–Trinajstić information content (AvgIpc) is 2.32. The third-order valence-corrected chi connectivity index (χ3v) is 3.36. The fourth-order valence-corrected chi connectivity index (χ4v) is 2.27. The number of aryl methyl sites for hydroxylation is 1. The molecule has 0 amide bonds. The van der Waals surface area contributed by atoms with Gasteiger partial charge in [0.25, 0.3) is 0 Å². The smallest absolute Gasteiger partial charge is 0.146 e. The molecule has 0 unspecified atom stereocenters. The van der Waals surface area contributed by atoms with Crippen LogP contribution in [0, 0.1) is 11.7 Å². The Hall–Kier alpha value is -1.09. The first kappa shape index (κ1) is 11.4. The van der Waals surface area contributed by atoms with Crippen LogP contribution in [-0.4, -0.2) is 13.1 Å². The van der Waals surface area contributed by atoms with Crippen LogP contribution in [0.15, 0.2) is 18.2 Å². The number of piperidine rings is 1. The van der Waals surface area contributed by atoms with Crippen LogP contribution in [0.1, 0.15) is 24.8 Å². The zero-order valence-electron chi connectivity index (χ0n) is 9.51. The normalized spacial score (nSPS) is 17.6. The highest BCUT2D eigenvalue weighted by molar-refractivity contribution is 5.41. The fraction of sp³-hybridized carbons (Fsp3) is 0.538. The molecule has 1 aliphatic rings. The average molecular weight is 222 g/mol. The molecule has 1 aromatic rings. The summed E-state index contributed by atoms with van der Waals surface area (Å²) in [5, 5.41) is 3.35. The van der Waals surface area contributed by atoms with Crippen LogP contribution >= 0.6 is 0 Å². The summed E-state index contributed by atoms with van der Waals surface area (Å²) in [5.41, 5.74) is 6.75. The van der Waals surface area contributed by atoms with Crippen molar-refractivity contribution in [3.8, 4) is 0 Å². The summed E-state index contributed by atoms with van der Waals surface area (Å²) in [6, 6.07) is 5.16. The minimum absolute atomic E-state index is 0.241. The van der Waals surface area contributed by atoms with Crippen LogP contribution in [0.2, 0.25) is 0 Å². The van der Waals surface area contributed by atoms with Gasteiger partial charge in [-0.2, -0.15) is 0 Å². The highest BCUT2D eigenvalue weighted by atomic mass is 19.1. The predicted molar refractivity (Wildman–Crippen MR) is 64.7 cm³/mol. The van der Waals surface area contributed by atoms with Crippen molar-refractivity contribution in [1.82, 2.24) is 5.32 Å². The molecule has 0 aromatic heterocycles. The lowest BCUT2D eigenvalue weighted by Gasteiger charge is -2.22. The molecule has 3 heteroatoms. The van der Waals surface area contributed by atoms with E-state index in [0.717, 1.165) is 37.4 Å². The van der Waals surface area contributed by atoms with Crippen LogP contribution in [0.5, 0.6) is 0 Å². The van der Waals surface area contributed by atoms with E-state index in [1.54, 1.807) is 12.1 Å². The quantitative estimate of drug-likeness (QED) is 0.770. The molecule has 1 heterocycles. The number of halogens is 1. The first-order valence-corrected chi connectivity index (χ1v) is 6.00. The lowest BCUT2D eigenvalue weighted by Crippen LogP contribution is -2.27. The van der Waals surface area contributed by atoms with Crippen LogP contribution in [-0.2, 0) is 6.42 Å². The van der Waals surface area contributed by atoms with Crippen molar-refractivity contribution in [2.75, 3.05) is 18.8 Å². The second kappa shape index (κ2) is 5.30. The van der Waals surface area contributed by atoms with E-state index < -0.39 is 0 Å². The fourth-order valence-electron chi connectivity index (χ4n) is 2.27. The van der Waals surface area contributed by atoms with Crippen molar-refractivity contribution in [1.29, 1.82) is 0 Å². The molecule has 16 heavy (non-hydrogen) atoms. The molecule has 0 spiro atoms. The monoisotopic (exact) mass is 222 g/mol. The van der Waals surface area contributed by atoms with E-state index in [1.807, 2.05) is 6.07 Å².